The highest BCUT2D eigenvalue weighted by molar-refractivity contribution is 7.07. The molecule has 0 aromatic carbocycles. The molecule has 0 radical (unpaired) electrons. The average Bonchev–Trinajstić information content (AvgIpc) is 2.56. The largest absolute Gasteiger partial charge is 0.384 e. The van der Waals surface area contributed by atoms with Crippen molar-refractivity contribution in [1.29, 1.82) is 0 Å². The molecule has 2 rings (SSSR count). The Bertz CT molecular complexity index is 370. The Morgan fingerprint density at radius 3 is 2.83 bits per heavy atom. The summed E-state index contributed by atoms with van der Waals surface area (Å²) in [5, 5.41) is 1.95. The smallest absolute Gasteiger partial charge is 0.124 e. The van der Waals surface area contributed by atoms with Crippen LogP contribution in [-0.2, 0) is 0 Å². The molecule has 3 nitrogen and oxygen atoms in total. The van der Waals surface area contributed by atoms with Crippen molar-refractivity contribution in [1.82, 2.24) is 9.97 Å². The zero-order chi connectivity index (χ0) is 8.39. The molecule has 0 aliphatic heterocycles. The Labute approximate surface area is 73.9 Å². The lowest BCUT2D eigenvalue weighted by molar-refractivity contribution is 1.29. The van der Waals surface area contributed by atoms with Crippen LogP contribution in [-0.4, -0.2) is 9.97 Å². The van der Waals surface area contributed by atoms with Crippen molar-refractivity contribution in [3.05, 3.63) is 29.1 Å². The summed E-state index contributed by atoms with van der Waals surface area (Å²) in [6.07, 6.45) is 0. The van der Waals surface area contributed by atoms with E-state index in [0.29, 0.717) is 5.82 Å². The number of hydrogen-bond acceptors (Lipinski definition) is 4. The summed E-state index contributed by atoms with van der Waals surface area (Å²) in [4.78, 5) is 8.27. The lowest BCUT2D eigenvalue weighted by atomic mass is 10.3. The lowest BCUT2D eigenvalue weighted by Crippen LogP contribution is -1.90. The van der Waals surface area contributed by atoms with Gasteiger partial charge in [0.25, 0.3) is 0 Å². The van der Waals surface area contributed by atoms with Crippen molar-refractivity contribution in [2.24, 2.45) is 0 Å². The van der Waals surface area contributed by atoms with Crippen molar-refractivity contribution < 1.29 is 0 Å². The van der Waals surface area contributed by atoms with Gasteiger partial charge in [0.15, 0.2) is 0 Å². The van der Waals surface area contributed by atoms with E-state index in [0.717, 1.165) is 11.4 Å². The maximum atomic E-state index is 5.53. The third-order valence-corrected chi connectivity index (χ3v) is 2.05. The molecular formula is C8H7N3S. The van der Waals surface area contributed by atoms with Gasteiger partial charge in [0, 0.05) is 5.38 Å². The molecule has 0 saturated heterocycles. The fourth-order valence-corrected chi connectivity index (χ4v) is 1.48. The second kappa shape index (κ2) is 2.91. The molecule has 0 spiro atoms. The number of nitrogens with two attached hydrogens (primary N) is 1. The van der Waals surface area contributed by atoms with Gasteiger partial charge in [-0.25, -0.2) is 9.97 Å². The molecule has 0 fully saturated rings. The predicted molar refractivity (Wildman–Crippen MR) is 49.8 cm³/mol. The van der Waals surface area contributed by atoms with Crippen molar-refractivity contribution in [3.8, 4) is 11.4 Å². The molecule has 2 aromatic heterocycles. The first kappa shape index (κ1) is 7.24. The number of thiazole rings is 1. The van der Waals surface area contributed by atoms with Crippen LogP contribution in [0.1, 0.15) is 0 Å². The Morgan fingerprint density at radius 2 is 2.17 bits per heavy atom. The van der Waals surface area contributed by atoms with E-state index in [-0.39, 0.29) is 0 Å². The highest BCUT2D eigenvalue weighted by atomic mass is 32.1. The Hall–Kier alpha value is -1.42. The van der Waals surface area contributed by atoms with Crippen LogP contribution in [0.4, 0.5) is 5.82 Å². The molecule has 0 amide bonds. The van der Waals surface area contributed by atoms with Gasteiger partial charge in [0.2, 0.25) is 0 Å². The standard InChI is InChI=1S/C8H7N3S/c9-8-3-1-2-6(11-8)7-4-12-5-10-7/h1-5H,(H2,9,11). The number of nitrogen functional groups attached to an aromatic ring is 1. The zero-order valence-electron chi connectivity index (χ0n) is 6.27. The molecule has 0 aliphatic carbocycles. The SMILES string of the molecule is Nc1cccc(-c2cscn2)n1. The maximum Gasteiger partial charge on any atom is 0.124 e. The Balaban J connectivity index is 2.48. The number of nitrogens with zero attached hydrogens (tertiary/aromatic N) is 2. The average molecular weight is 177 g/mol. The van der Waals surface area contributed by atoms with Gasteiger partial charge >= 0.3 is 0 Å². The van der Waals surface area contributed by atoms with Crippen LogP contribution in [0.25, 0.3) is 11.4 Å². The van der Waals surface area contributed by atoms with Crippen LogP contribution in [0.5, 0.6) is 0 Å². The molecule has 0 bridgehead atoms. The molecule has 0 aliphatic rings. The summed E-state index contributed by atoms with van der Waals surface area (Å²) in [5.74, 6) is 0.528. The summed E-state index contributed by atoms with van der Waals surface area (Å²) in [6.45, 7) is 0. The minimum atomic E-state index is 0.528. The molecule has 12 heavy (non-hydrogen) atoms. The van der Waals surface area contributed by atoms with Crippen LogP contribution < -0.4 is 5.73 Å². The fraction of sp³-hybridized carbons (Fsp3) is 0. The van der Waals surface area contributed by atoms with E-state index in [1.165, 1.54) is 0 Å². The molecule has 60 valence electrons. The third kappa shape index (κ3) is 1.29. The van der Waals surface area contributed by atoms with E-state index < -0.39 is 0 Å². The van der Waals surface area contributed by atoms with Crippen LogP contribution in [0.2, 0.25) is 0 Å². The van der Waals surface area contributed by atoms with Gasteiger partial charge in [0.05, 0.1) is 16.9 Å². The van der Waals surface area contributed by atoms with Gasteiger partial charge in [0.1, 0.15) is 5.82 Å². The fourth-order valence-electron chi connectivity index (χ4n) is 0.933. The van der Waals surface area contributed by atoms with E-state index in [1.54, 1.807) is 22.9 Å². The summed E-state index contributed by atoms with van der Waals surface area (Å²) in [5.41, 5.74) is 9.02. The van der Waals surface area contributed by atoms with E-state index in [4.69, 9.17) is 5.73 Å². The van der Waals surface area contributed by atoms with Gasteiger partial charge in [-0.15, -0.1) is 11.3 Å². The van der Waals surface area contributed by atoms with Crippen molar-refractivity contribution in [2.45, 2.75) is 0 Å². The highest BCUT2D eigenvalue weighted by Gasteiger charge is 1.99. The van der Waals surface area contributed by atoms with Crippen LogP contribution in [0.15, 0.2) is 29.1 Å². The first-order chi connectivity index (χ1) is 5.86. The number of anilines is 1. The first-order valence-electron chi connectivity index (χ1n) is 3.47. The van der Waals surface area contributed by atoms with E-state index in [2.05, 4.69) is 9.97 Å². The summed E-state index contributed by atoms with van der Waals surface area (Å²) < 4.78 is 0. The molecule has 2 aromatic rings. The Morgan fingerprint density at radius 1 is 1.25 bits per heavy atom. The minimum absolute atomic E-state index is 0.528. The summed E-state index contributed by atoms with van der Waals surface area (Å²) >= 11 is 1.55. The molecular weight excluding hydrogens is 170 g/mol. The number of hydrogen-bond donors (Lipinski definition) is 1. The highest BCUT2D eigenvalue weighted by Crippen LogP contribution is 2.16. The molecule has 4 heteroatoms. The van der Waals surface area contributed by atoms with Crippen LogP contribution in [0.3, 0.4) is 0 Å². The second-order valence-corrected chi connectivity index (χ2v) is 3.04. The first-order valence-corrected chi connectivity index (χ1v) is 4.41. The van der Waals surface area contributed by atoms with Gasteiger partial charge < -0.3 is 5.73 Å². The Kier molecular flexibility index (Phi) is 1.75. The monoisotopic (exact) mass is 177 g/mol. The van der Waals surface area contributed by atoms with Crippen molar-refractivity contribution in [3.63, 3.8) is 0 Å². The molecule has 0 unspecified atom stereocenters. The molecule has 2 heterocycles. The van der Waals surface area contributed by atoms with Gasteiger partial charge in [-0.1, -0.05) is 6.07 Å². The third-order valence-electron chi connectivity index (χ3n) is 1.47. The minimum Gasteiger partial charge on any atom is -0.384 e. The van der Waals surface area contributed by atoms with Crippen LogP contribution >= 0.6 is 11.3 Å². The van der Waals surface area contributed by atoms with E-state index >= 15 is 0 Å². The summed E-state index contributed by atoms with van der Waals surface area (Å²) in [6, 6.07) is 5.53. The molecule has 0 atom stereocenters. The van der Waals surface area contributed by atoms with Gasteiger partial charge in [-0.3, -0.25) is 0 Å². The number of pyridine rings is 1. The normalized spacial score (nSPS) is 10.0. The van der Waals surface area contributed by atoms with Crippen molar-refractivity contribution >= 4 is 17.2 Å². The van der Waals surface area contributed by atoms with E-state index in [1.807, 2.05) is 17.5 Å². The van der Waals surface area contributed by atoms with E-state index in [9.17, 15) is 0 Å². The van der Waals surface area contributed by atoms with Crippen LogP contribution in [0, 0.1) is 0 Å². The topological polar surface area (TPSA) is 51.8 Å². The molecule has 0 saturated carbocycles. The number of aromatic nitrogens is 2. The maximum absolute atomic E-state index is 5.53. The molecule has 2 N–H and O–H groups in total. The van der Waals surface area contributed by atoms with Gasteiger partial charge in [-0.05, 0) is 12.1 Å². The number of rotatable bonds is 1. The van der Waals surface area contributed by atoms with Gasteiger partial charge in [-0.2, -0.15) is 0 Å². The zero-order valence-corrected chi connectivity index (χ0v) is 7.08. The van der Waals surface area contributed by atoms with Crippen molar-refractivity contribution in [2.75, 3.05) is 5.73 Å². The second-order valence-electron chi connectivity index (χ2n) is 2.32. The summed E-state index contributed by atoms with van der Waals surface area (Å²) in [7, 11) is 0. The lowest BCUT2D eigenvalue weighted by Gasteiger charge is -1.95. The quantitative estimate of drug-likeness (QED) is 0.722. The predicted octanol–water partition coefficient (Wildman–Crippen LogP) is 1.79.